The molecule has 0 spiro atoms. The third kappa shape index (κ3) is 2.61. The van der Waals surface area contributed by atoms with E-state index < -0.39 is 0 Å². The van der Waals surface area contributed by atoms with Crippen LogP contribution in [0.2, 0.25) is 5.02 Å². The number of benzene rings is 1. The van der Waals surface area contributed by atoms with Crippen molar-refractivity contribution in [3.05, 3.63) is 34.9 Å². The van der Waals surface area contributed by atoms with Gasteiger partial charge in [-0.1, -0.05) is 11.6 Å². The minimum atomic E-state index is 0.0463. The fourth-order valence-corrected chi connectivity index (χ4v) is 2.27. The molecule has 1 aromatic carbocycles. The smallest absolute Gasteiger partial charge is 0.254 e. The molecule has 0 saturated carbocycles. The Morgan fingerprint density at radius 3 is 2.29 bits per heavy atom. The summed E-state index contributed by atoms with van der Waals surface area (Å²) in [7, 11) is 0. The van der Waals surface area contributed by atoms with Gasteiger partial charge in [-0.25, -0.2) is 0 Å². The second kappa shape index (κ2) is 5.07. The molecule has 0 aliphatic carbocycles. The van der Waals surface area contributed by atoms with E-state index in [0.717, 1.165) is 0 Å². The normalized spacial score (nSPS) is 24.8. The summed E-state index contributed by atoms with van der Waals surface area (Å²) < 4.78 is 5.41. The van der Waals surface area contributed by atoms with E-state index in [1.54, 1.807) is 24.3 Å². The van der Waals surface area contributed by atoms with E-state index >= 15 is 0 Å². The fourth-order valence-electron chi connectivity index (χ4n) is 2.15. The number of amides is 1. The second-order valence-electron chi connectivity index (χ2n) is 4.45. The van der Waals surface area contributed by atoms with Crippen LogP contribution in [-0.4, -0.2) is 36.1 Å². The molecular weight excluding hydrogens is 238 g/mol. The Balaban J connectivity index is 2.20. The van der Waals surface area contributed by atoms with Crippen LogP contribution in [0.1, 0.15) is 24.2 Å². The SMILES string of the molecule is CC1COCC(C)N1C(=O)c1ccc(Cl)cc1. The van der Waals surface area contributed by atoms with Crippen molar-refractivity contribution in [2.45, 2.75) is 25.9 Å². The highest BCUT2D eigenvalue weighted by molar-refractivity contribution is 6.30. The van der Waals surface area contributed by atoms with Crippen LogP contribution in [0.5, 0.6) is 0 Å². The Morgan fingerprint density at radius 2 is 1.76 bits per heavy atom. The van der Waals surface area contributed by atoms with Crippen LogP contribution < -0.4 is 0 Å². The lowest BCUT2D eigenvalue weighted by Crippen LogP contribution is -2.52. The van der Waals surface area contributed by atoms with Crippen LogP contribution in [0, 0.1) is 0 Å². The van der Waals surface area contributed by atoms with Crippen molar-refractivity contribution in [2.24, 2.45) is 0 Å². The van der Waals surface area contributed by atoms with Gasteiger partial charge in [0, 0.05) is 10.6 Å². The highest BCUT2D eigenvalue weighted by atomic mass is 35.5. The van der Waals surface area contributed by atoms with Crippen molar-refractivity contribution in [2.75, 3.05) is 13.2 Å². The first-order valence-electron chi connectivity index (χ1n) is 5.75. The zero-order valence-electron chi connectivity index (χ0n) is 10.0. The molecule has 0 aromatic heterocycles. The van der Waals surface area contributed by atoms with Gasteiger partial charge < -0.3 is 9.64 Å². The third-order valence-corrected chi connectivity index (χ3v) is 3.25. The van der Waals surface area contributed by atoms with Crippen molar-refractivity contribution in [1.82, 2.24) is 4.90 Å². The second-order valence-corrected chi connectivity index (χ2v) is 4.89. The molecule has 1 saturated heterocycles. The molecule has 1 amide bonds. The number of morpholine rings is 1. The zero-order chi connectivity index (χ0) is 12.4. The van der Waals surface area contributed by atoms with E-state index in [4.69, 9.17) is 16.3 Å². The maximum atomic E-state index is 12.4. The van der Waals surface area contributed by atoms with E-state index in [0.29, 0.717) is 23.8 Å². The van der Waals surface area contributed by atoms with Crippen molar-refractivity contribution in [3.63, 3.8) is 0 Å². The van der Waals surface area contributed by atoms with E-state index in [1.807, 2.05) is 18.7 Å². The lowest BCUT2D eigenvalue weighted by atomic mass is 10.1. The van der Waals surface area contributed by atoms with E-state index in [2.05, 4.69) is 0 Å². The molecule has 1 heterocycles. The average Bonchev–Trinajstić information content (AvgIpc) is 2.29. The van der Waals surface area contributed by atoms with Gasteiger partial charge in [0.15, 0.2) is 0 Å². The van der Waals surface area contributed by atoms with Gasteiger partial charge in [0.1, 0.15) is 0 Å². The summed E-state index contributed by atoms with van der Waals surface area (Å²) >= 11 is 5.81. The van der Waals surface area contributed by atoms with E-state index in [-0.39, 0.29) is 18.0 Å². The van der Waals surface area contributed by atoms with Gasteiger partial charge in [-0.15, -0.1) is 0 Å². The standard InChI is InChI=1S/C13H16ClNO2/c1-9-7-17-8-10(2)15(9)13(16)11-3-5-12(14)6-4-11/h3-6,9-10H,7-8H2,1-2H3. The van der Waals surface area contributed by atoms with Crippen molar-refractivity contribution in [3.8, 4) is 0 Å². The van der Waals surface area contributed by atoms with Crippen molar-refractivity contribution >= 4 is 17.5 Å². The molecule has 1 aliphatic heterocycles. The van der Waals surface area contributed by atoms with Gasteiger partial charge in [-0.05, 0) is 38.1 Å². The molecule has 17 heavy (non-hydrogen) atoms. The Labute approximate surface area is 106 Å². The monoisotopic (exact) mass is 253 g/mol. The van der Waals surface area contributed by atoms with Crippen molar-refractivity contribution < 1.29 is 9.53 Å². The molecule has 0 radical (unpaired) electrons. The number of rotatable bonds is 1. The topological polar surface area (TPSA) is 29.5 Å². The maximum Gasteiger partial charge on any atom is 0.254 e. The average molecular weight is 254 g/mol. The summed E-state index contributed by atoms with van der Waals surface area (Å²) in [5.74, 6) is 0.0463. The van der Waals surface area contributed by atoms with Crippen LogP contribution in [-0.2, 0) is 4.74 Å². The van der Waals surface area contributed by atoms with Gasteiger partial charge in [0.05, 0.1) is 25.3 Å². The summed E-state index contributed by atoms with van der Waals surface area (Å²) in [6.07, 6.45) is 0. The van der Waals surface area contributed by atoms with Gasteiger partial charge in [0.2, 0.25) is 0 Å². The summed E-state index contributed by atoms with van der Waals surface area (Å²) in [5, 5.41) is 0.643. The quantitative estimate of drug-likeness (QED) is 0.770. The summed E-state index contributed by atoms with van der Waals surface area (Å²) in [5.41, 5.74) is 0.676. The van der Waals surface area contributed by atoms with Crippen LogP contribution in [0.25, 0.3) is 0 Å². The lowest BCUT2D eigenvalue weighted by molar-refractivity contribution is -0.0249. The Morgan fingerprint density at radius 1 is 1.24 bits per heavy atom. The predicted octanol–water partition coefficient (Wildman–Crippen LogP) is 2.59. The highest BCUT2D eigenvalue weighted by Gasteiger charge is 2.30. The number of halogens is 1. The van der Waals surface area contributed by atoms with Gasteiger partial charge in [-0.3, -0.25) is 4.79 Å². The molecule has 1 fully saturated rings. The van der Waals surface area contributed by atoms with Gasteiger partial charge in [0.25, 0.3) is 5.91 Å². The van der Waals surface area contributed by atoms with Crippen LogP contribution in [0.15, 0.2) is 24.3 Å². The first kappa shape index (κ1) is 12.4. The molecule has 92 valence electrons. The largest absolute Gasteiger partial charge is 0.377 e. The molecule has 2 atom stereocenters. The molecule has 2 rings (SSSR count). The highest BCUT2D eigenvalue weighted by Crippen LogP contribution is 2.18. The zero-order valence-corrected chi connectivity index (χ0v) is 10.8. The number of nitrogens with zero attached hydrogens (tertiary/aromatic N) is 1. The number of hydrogen-bond donors (Lipinski definition) is 0. The van der Waals surface area contributed by atoms with Crippen LogP contribution >= 0.6 is 11.6 Å². The number of carbonyl (C=O) groups excluding carboxylic acids is 1. The third-order valence-electron chi connectivity index (χ3n) is 2.99. The molecule has 0 N–H and O–H groups in total. The van der Waals surface area contributed by atoms with E-state index in [9.17, 15) is 4.79 Å². The Hall–Kier alpha value is -1.06. The Bertz CT molecular complexity index is 394. The first-order chi connectivity index (χ1) is 8.09. The summed E-state index contributed by atoms with van der Waals surface area (Å²) in [4.78, 5) is 14.2. The molecular formula is C13H16ClNO2. The molecule has 2 unspecified atom stereocenters. The molecule has 4 heteroatoms. The summed E-state index contributed by atoms with van der Waals surface area (Å²) in [6, 6.07) is 7.23. The van der Waals surface area contributed by atoms with Gasteiger partial charge in [-0.2, -0.15) is 0 Å². The molecule has 0 bridgehead atoms. The number of hydrogen-bond acceptors (Lipinski definition) is 2. The minimum Gasteiger partial charge on any atom is -0.377 e. The molecule has 1 aromatic rings. The van der Waals surface area contributed by atoms with Crippen molar-refractivity contribution in [1.29, 1.82) is 0 Å². The minimum absolute atomic E-state index is 0.0463. The summed E-state index contributed by atoms with van der Waals surface area (Å²) in [6.45, 7) is 5.21. The molecule has 3 nitrogen and oxygen atoms in total. The van der Waals surface area contributed by atoms with Gasteiger partial charge >= 0.3 is 0 Å². The lowest BCUT2D eigenvalue weighted by Gasteiger charge is -2.38. The van der Waals surface area contributed by atoms with Crippen LogP contribution in [0.4, 0.5) is 0 Å². The number of carbonyl (C=O) groups is 1. The van der Waals surface area contributed by atoms with E-state index in [1.165, 1.54) is 0 Å². The molecule has 1 aliphatic rings. The first-order valence-corrected chi connectivity index (χ1v) is 6.13. The Kier molecular flexibility index (Phi) is 3.69. The fraction of sp³-hybridized carbons (Fsp3) is 0.462. The van der Waals surface area contributed by atoms with Crippen LogP contribution in [0.3, 0.4) is 0 Å². The maximum absolute atomic E-state index is 12.4. The predicted molar refractivity (Wildman–Crippen MR) is 67.4 cm³/mol. The number of ether oxygens (including phenoxy) is 1.